The Kier molecular flexibility index (Phi) is 4.45. The fourth-order valence-corrected chi connectivity index (χ4v) is 3.78. The lowest BCUT2D eigenvalue weighted by atomic mass is 10.1. The van der Waals surface area contributed by atoms with Crippen LogP contribution in [-0.2, 0) is 0 Å². The second kappa shape index (κ2) is 7.12. The number of aromatic nitrogens is 3. The Balaban J connectivity index is 1.61. The molecular weight excluding hydrogens is 444 g/mol. The summed E-state index contributed by atoms with van der Waals surface area (Å²) in [5.41, 5.74) is 0.801. The van der Waals surface area contributed by atoms with E-state index in [1.165, 1.54) is 41.2 Å². The molecule has 4 aromatic rings. The Hall–Kier alpha value is -4.28. The van der Waals surface area contributed by atoms with Crippen molar-refractivity contribution in [1.82, 2.24) is 14.8 Å². The largest absolute Gasteiger partial charge is 0.573 e. The first-order valence-corrected chi connectivity index (χ1v) is 9.53. The third-order valence-corrected chi connectivity index (χ3v) is 5.13. The molecule has 1 aliphatic rings. The van der Waals surface area contributed by atoms with Crippen molar-refractivity contribution < 1.29 is 31.9 Å². The van der Waals surface area contributed by atoms with Crippen LogP contribution in [0.4, 0.5) is 23.2 Å². The number of fused-ring (bicyclic) bond motifs is 3. The van der Waals surface area contributed by atoms with E-state index >= 15 is 0 Å². The van der Waals surface area contributed by atoms with Crippen molar-refractivity contribution in [3.05, 3.63) is 77.4 Å². The van der Waals surface area contributed by atoms with Gasteiger partial charge in [-0.2, -0.15) is 5.10 Å². The Bertz CT molecular complexity index is 1440. The third kappa shape index (κ3) is 3.28. The zero-order valence-corrected chi connectivity index (χ0v) is 16.7. The molecule has 1 aliphatic heterocycles. The molecule has 2 aromatic heterocycles. The van der Waals surface area contributed by atoms with Crippen LogP contribution in [-0.4, -0.2) is 32.9 Å². The highest BCUT2D eigenvalue weighted by atomic mass is 19.4. The highest BCUT2D eigenvalue weighted by molar-refractivity contribution is 6.37. The van der Waals surface area contributed by atoms with E-state index in [0.29, 0.717) is 16.8 Å². The molecule has 0 saturated carbocycles. The van der Waals surface area contributed by atoms with Crippen molar-refractivity contribution in [1.29, 1.82) is 0 Å². The van der Waals surface area contributed by atoms with Crippen LogP contribution in [0.2, 0.25) is 0 Å². The predicted octanol–water partition coefficient (Wildman–Crippen LogP) is 4.57. The lowest BCUT2D eigenvalue weighted by Crippen LogP contribution is -2.30. The van der Waals surface area contributed by atoms with Crippen LogP contribution < -0.4 is 9.64 Å². The quantitative estimate of drug-likeness (QED) is 0.334. The molecule has 0 spiro atoms. The van der Waals surface area contributed by atoms with E-state index in [1.54, 1.807) is 6.92 Å². The number of carbonyl (C=O) groups is 2. The molecule has 3 heterocycles. The minimum absolute atomic E-state index is 0.00679. The van der Waals surface area contributed by atoms with Gasteiger partial charge in [0.25, 0.3) is 11.8 Å². The standard InChI is InChI=1S/C22H12F4N4O3/c1-11-17-18-14(20(31)29(21(18)32)16-5-3-2-4-15(16)23)10-27-19(17)30(28-11)12-6-8-13(9-7-12)33-22(24,25)26/h2-10H,1H3. The summed E-state index contributed by atoms with van der Waals surface area (Å²) in [6.07, 6.45) is -3.62. The molecule has 0 unspecified atom stereocenters. The molecule has 0 atom stereocenters. The van der Waals surface area contributed by atoms with Crippen LogP contribution in [0.15, 0.2) is 54.7 Å². The summed E-state index contributed by atoms with van der Waals surface area (Å²) in [5.74, 6) is -2.57. The Labute approximate surface area is 182 Å². The number of ether oxygens (including phenoxy) is 1. The summed E-state index contributed by atoms with van der Waals surface area (Å²) in [6.45, 7) is 1.60. The maximum atomic E-state index is 14.3. The summed E-state index contributed by atoms with van der Waals surface area (Å²) in [4.78, 5) is 31.1. The molecule has 2 amide bonds. The van der Waals surface area contributed by atoms with E-state index < -0.39 is 29.7 Å². The minimum Gasteiger partial charge on any atom is -0.406 e. The van der Waals surface area contributed by atoms with Gasteiger partial charge in [0.05, 0.1) is 33.6 Å². The van der Waals surface area contributed by atoms with E-state index in [1.807, 2.05) is 0 Å². The molecule has 0 N–H and O–H groups in total. The molecule has 0 saturated heterocycles. The van der Waals surface area contributed by atoms with Crippen molar-refractivity contribution in [2.24, 2.45) is 0 Å². The van der Waals surface area contributed by atoms with Crippen LogP contribution in [0, 0.1) is 12.7 Å². The first-order valence-electron chi connectivity index (χ1n) is 9.53. The van der Waals surface area contributed by atoms with Gasteiger partial charge >= 0.3 is 6.36 Å². The number of benzene rings is 2. The van der Waals surface area contributed by atoms with Gasteiger partial charge in [-0.1, -0.05) is 12.1 Å². The van der Waals surface area contributed by atoms with Gasteiger partial charge in [0.1, 0.15) is 11.6 Å². The zero-order valence-electron chi connectivity index (χ0n) is 16.7. The normalized spacial score (nSPS) is 13.7. The van der Waals surface area contributed by atoms with Crippen LogP contribution >= 0.6 is 0 Å². The van der Waals surface area contributed by atoms with E-state index in [0.717, 1.165) is 23.1 Å². The van der Waals surface area contributed by atoms with Crippen molar-refractivity contribution in [2.75, 3.05) is 4.90 Å². The number of halogens is 4. The zero-order chi connectivity index (χ0) is 23.5. The van der Waals surface area contributed by atoms with Crippen molar-refractivity contribution in [3.8, 4) is 11.4 Å². The van der Waals surface area contributed by atoms with Gasteiger partial charge in [-0.25, -0.2) is 19.0 Å². The summed E-state index contributed by atoms with van der Waals surface area (Å²) in [7, 11) is 0. The van der Waals surface area contributed by atoms with Crippen LogP contribution in [0.1, 0.15) is 26.4 Å². The molecule has 7 nitrogen and oxygen atoms in total. The van der Waals surface area contributed by atoms with Gasteiger partial charge in [0, 0.05) is 6.20 Å². The summed E-state index contributed by atoms with van der Waals surface area (Å²) >= 11 is 0. The fourth-order valence-electron chi connectivity index (χ4n) is 3.78. The highest BCUT2D eigenvalue weighted by Gasteiger charge is 2.41. The smallest absolute Gasteiger partial charge is 0.406 e. The first-order chi connectivity index (χ1) is 15.7. The van der Waals surface area contributed by atoms with E-state index in [2.05, 4.69) is 14.8 Å². The fraction of sp³-hybridized carbons (Fsp3) is 0.0909. The SMILES string of the molecule is Cc1nn(-c2ccc(OC(F)(F)F)cc2)c2ncc3c(c12)C(=O)N(c1ccccc1F)C3=O. The number of aryl methyl sites for hydroxylation is 1. The molecule has 5 rings (SSSR count). The van der Waals surface area contributed by atoms with Gasteiger partial charge in [0.2, 0.25) is 0 Å². The lowest BCUT2D eigenvalue weighted by molar-refractivity contribution is -0.274. The minimum atomic E-state index is -4.82. The number of nitrogens with zero attached hydrogens (tertiary/aromatic N) is 4. The van der Waals surface area contributed by atoms with Gasteiger partial charge in [-0.3, -0.25) is 9.59 Å². The molecule has 0 bridgehead atoms. The Morgan fingerprint density at radius 3 is 2.33 bits per heavy atom. The van der Waals surface area contributed by atoms with Gasteiger partial charge in [-0.05, 0) is 43.3 Å². The summed E-state index contributed by atoms with van der Waals surface area (Å²) < 4.78 is 56.8. The van der Waals surface area contributed by atoms with Gasteiger partial charge < -0.3 is 4.74 Å². The lowest BCUT2D eigenvalue weighted by Gasteiger charge is -2.14. The van der Waals surface area contributed by atoms with Gasteiger partial charge in [-0.15, -0.1) is 13.2 Å². The number of carbonyl (C=O) groups excluding carboxylic acids is 2. The Morgan fingerprint density at radius 2 is 1.67 bits per heavy atom. The topological polar surface area (TPSA) is 77.3 Å². The summed E-state index contributed by atoms with van der Waals surface area (Å²) in [6, 6.07) is 10.3. The number of amides is 2. The van der Waals surface area contributed by atoms with Crippen molar-refractivity contribution in [2.45, 2.75) is 13.3 Å². The van der Waals surface area contributed by atoms with E-state index in [4.69, 9.17) is 0 Å². The molecule has 11 heteroatoms. The first kappa shape index (κ1) is 20.6. The monoisotopic (exact) mass is 456 g/mol. The van der Waals surface area contributed by atoms with Crippen LogP contribution in [0.25, 0.3) is 16.7 Å². The second-order valence-corrected chi connectivity index (χ2v) is 7.18. The number of imide groups is 1. The number of hydrogen-bond donors (Lipinski definition) is 0. The number of anilines is 1. The number of para-hydroxylation sites is 1. The van der Waals surface area contributed by atoms with E-state index in [-0.39, 0.29) is 22.5 Å². The summed E-state index contributed by atoms with van der Waals surface area (Å²) in [5, 5.41) is 4.64. The molecule has 2 aromatic carbocycles. The number of alkyl halides is 3. The number of rotatable bonds is 3. The van der Waals surface area contributed by atoms with Crippen molar-refractivity contribution >= 4 is 28.5 Å². The van der Waals surface area contributed by atoms with Crippen LogP contribution in [0.5, 0.6) is 5.75 Å². The molecule has 0 fully saturated rings. The highest BCUT2D eigenvalue weighted by Crippen LogP contribution is 2.35. The molecular formula is C22H12F4N4O3. The molecule has 33 heavy (non-hydrogen) atoms. The molecule has 0 radical (unpaired) electrons. The number of hydrogen-bond acceptors (Lipinski definition) is 5. The average Bonchev–Trinajstić information content (AvgIpc) is 3.22. The average molecular weight is 456 g/mol. The van der Waals surface area contributed by atoms with Crippen LogP contribution in [0.3, 0.4) is 0 Å². The molecule has 166 valence electrons. The van der Waals surface area contributed by atoms with Gasteiger partial charge in [0.15, 0.2) is 5.65 Å². The van der Waals surface area contributed by atoms with E-state index in [9.17, 15) is 27.2 Å². The predicted molar refractivity (Wildman–Crippen MR) is 108 cm³/mol. The van der Waals surface area contributed by atoms with Crippen molar-refractivity contribution in [3.63, 3.8) is 0 Å². The molecule has 0 aliphatic carbocycles. The maximum Gasteiger partial charge on any atom is 0.573 e. The number of pyridine rings is 1. The second-order valence-electron chi connectivity index (χ2n) is 7.18. The Morgan fingerprint density at radius 1 is 0.970 bits per heavy atom. The third-order valence-electron chi connectivity index (χ3n) is 5.13. The maximum absolute atomic E-state index is 14.3.